The summed E-state index contributed by atoms with van der Waals surface area (Å²) in [6.07, 6.45) is 0. The van der Waals surface area contributed by atoms with Gasteiger partial charge in [-0.3, -0.25) is 4.79 Å². The van der Waals surface area contributed by atoms with Crippen molar-refractivity contribution in [1.82, 2.24) is 9.97 Å². The molecule has 1 aromatic heterocycles. The number of nitrogens with one attached hydrogen (secondary N) is 2. The zero-order valence-electron chi connectivity index (χ0n) is 19.4. The Labute approximate surface area is 203 Å². The molecule has 0 radical (unpaired) electrons. The van der Waals surface area contributed by atoms with Crippen LogP contribution in [0.2, 0.25) is 0 Å². The van der Waals surface area contributed by atoms with E-state index in [0.29, 0.717) is 17.2 Å². The van der Waals surface area contributed by atoms with E-state index in [9.17, 15) is 4.79 Å². The Morgan fingerprint density at radius 2 is 1.46 bits per heavy atom. The normalized spacial score (nSPS) is 10.7. The van der Waals surface area contributed by atoms with Crippen LogP contribution in [-0.4, -0.2) is 23.0 Å². The number of aromatic nitrogens is 2. The van der Waals surface area contributed by atoms with Crippen LogP contribution in [0.1, 0.15) is 15.9 Å². The second-order valence-corrected chi connectivity index (χ2v) is 8.16. The van der Waals surface area contributed by atoms with Gasteiger partial charge in [-0.2, -0.15) is 0 Å². The van der Waals surface area contributed by atoms with Gasteiger partial charge in [-0.1, -0.05) is 48.0 Å². The molecule has 0 aliphatic rings. The van der Waals surface area contributed by atoms with Gasteiger partial charge in [0.2, 0.25) is 5.95 Å². The summed E-state index contributed by atoms with van der Waals surface area (Å²) in [6.45, 7) is 2.07. The van der Waals surface area contributed by atoms with E-state index in [0.717, 1.165) is 33.6 Å². The third kappa shape index (κ3) is 4.96. The van der Waals surface area contributed by atoms with Crippen molar-refractivity contribution < 1.29 is 9.53 Å². The molecule has 1 amide bonds. The number of benzene rings is 4. The minimum atomic E-state index is -0.190. The first-order valence-electron chi connectivity index (χ1n) is 11.3. The number of ether oxygens (including phenoxy) is 1. The zero-order valence-corrected chi connectivity index (χ0v) is 19.4. The van der Waals surface area contributed by atoms with Crippen molar-refractivity contribution in [1.29, 1.82) is 0 Å². The molecule has 1 heterocycles. The molecule has 0 aliphatic carbocycles. The Balaban J connectivity index is 1.37. The van der Waals surface area contributed by atoms with Crippen molar-refractivity contribution >= 4 is 34.1 Å². The van der Waals surface area contributed by atoms with Gasteiger partial charge >= 0.3 is 0 Å². The molecule has 2 N–H and O–H groups in total. The number of hydrogen-bond acceptors (Lipinski definition) is 5. The molecular formula is C29H24N4O2. The molecule has 0 unspecified atom stereocenters. The average Bonchev–Trinajstić information content (AvgIpc) is 2.89. The van der Waals surface area contributed by atoms with Crippen LogP contribution in [0.3, 0.4) is 0 Å². The van der Waals surface area contributed by atoms with Crippen LogP contribution >= 0.6 is 0 Å². The number of para-hydroxylation sites is 1. The quantitative estimate of drug-likeness (QED) is 0.298. The Hall–Kier alpha value is -4.71. The molecular weight excluding hydrogens is 436 g/mol. The van der Waals surface area contributed by atoms with E-state index in [-0.39, 0.29) is 5.91 Å². The summed E-state index contributed by atoms with van der Waals surface area (Å²) in [5, 5.41) is 7.16. The van der Waals surface area contributed by atoms with E-state index in [1.165, 1.54) is 5.56 Å². The molecule has 0 bridgehead atoms. The van der Waals surface area contributed by atoms with Crippen molar-refractivity contribution in [2.45, 2.75) is 6.92 Å². The summed E-state index contributed by atoms with van der Waals surface area (Å²) in [7, 11) is 1.61. The van der Waals surface area contributed by atoms with E-state index >= 15 is 0 Å². The van der Waals surface area contributed by atoms with Crippen molar-refractivity contribution in [3.05, 3.63) is 108 Å². The van der Waals surface area contributed by atoms with Gasteiger partial charge in [0, 0.05) is 27.9 Å². The van der Waals surface area contributed by atoms with Crippen LogP contribution in [0.5, 0.6) is 5.75 Å². The number of amides is 1. The molecule has 6 nitrogen and oxygen atoms in total. The Bertz CT molecular complexity index is 1480. The fraction of sp³-hybridized carbons (Fsp3) is 0.0690. The second kappa shape index (κ2) is 9.65. The maximum absolute atomic E-state index is 12.6. The number of rotatable bonds is 6. The summed E-state index contributed by atoms with van der Waals surface area (Å²) >= 11 is 0. The Morgan fingerprint density at radius 1 is 0.771 bits per heavy atom. The first-order chi connectivity index (χ1) is 17.1. The monoisotopic (exact) mass is 460 g/mol. The smallest absolute Gasteiger partial charge is 0.255 e. The van der Waals surface area contributed by atoms with Gasteiger partial charge in [-0.05, 0) is 61.5 Å². The van der Waals surface area contributed by atoms with Crippen molar-refractivity contribution in [3.63, 3.8) is 0 Å². The van der Waals surface area contributed by atoms with E-state index in [1.54, 1.807) is 43.5 Å². The topological polar surface area (TPSA) is 76.1 Å². The molecule has 0 aliphatic heterocycles. The maximum Gasteiger partial charge on any atom is 0.255 e. The summed E-state index contributed by atoms with van der Waals surface area (Å²) in [6, 6.07) is 30.7. The van der Waals surface area contributed by atoms with Gasteiger partial charge in [0.15, 0.2) is 0 Å². The third-order valence-corrected chi connectivity index (χ3v) is 5.68. The SMILES string of the molecule is COc1ccc(NC(=O)c2ccc(Nc3nc(-c4ccc(C)cc4)c4ccccc4n3)cc2)cc1. The van der Waals surface area contributed by atoms with Gasteiger partial charge in [0.05, 0.1) is 18.3 Å². The average molecular weight is 461 g/mol. The summed E-state index contributed by atoms with van der Waals surface area (Å²) < 4.78 is 5.15. The maximum atomic E-state index is 12.6. The van der Waals surface area contributed by atoms with Gasteiger partial charge in [-0.25, -0.2) is 9.97 Å². The number of fused-ring (bicyclic) bond motifs is 1. The summed E-state index contributed by atoms with van der Waals surface area (Å²) in [4.78, 5) is 22.1. The van der Waals surface area contributed by atoms with E-state index in [2.05, 4.69) is 46.8 Å². The van der Waals surface area contributed by atoms with Crippen LogP contribution in [0.15, 0.2) is 97.1 Å². The predicted molar refractivity (Wildman–Crippen MR) is 140 cm³/mol. The van der Waals surface area contributed by atoms with Gasteiger partial charge in [-0.15, -0.1) is 0 Å². The molecule has 0 fully saturated rings. The zero-order chi connectivity index (χ0) is 24.2. The minimum absolute atomic E-state index is 0.190. The highest BCUT2D eigenvalue weighted by molar-refractivity contribution is 6.04. The molecule has 4 aromatic carbocycles. The standard InChI is InChI=1S/C29H24N4O2/c1-19-7-9-20(10-8-19)27-25-5-3-4-6-26(25)32-29(33-27)31-23-13-11-21(12-14-23)28(34)30-22-15-17-24(35-2)18-16-22/h3-18H,1-2H3,(H,30,34)(H,31,32,33). The number of anilines is 3. The predicted octanol–water partition coefficient (Wildman–Crippen LogP) is 6.61. The Morgan fingerprint density at radius 3 is 2.17 bits per heavy atom. The van der Waals surface area contributed by atoms with Crippen molar-refractivity contribution in [3.8, 4) is 17.0 Å². The molecule has 0 atom stereocenters. The number of methoxy groups -OCH3 is 1. The third-order valence-electron chi connectivity index (χ3n) is 5.68. The fourth-order valence-corrected chi connectivity index (χ4v) is 3.78. The van der Waals surface area contributed by atoms with Gasteiger partial charge < -0.3 is 15.4 Å². The lowest BCUT2D eigenvalue weighted by Gasteiger charge is -2.11. The van der Waals surface area contributed by atoms with Crippen molar-refractivity contribution in [2.75, 3.05) is 17.7 Å². The lowest BCUT2D eigenvalue weighted by Crippen LogP contribution is -2.11. The summed E-state index contributed by atoms with van der Waals surface area (Å²) in [5.74, 6) is 1.04. The summed E-state index contributed by atoms with van der Waals surface area (Å²) in [5.41, 5.74) is 5.99. The highest BCUT2D eigenvalue weighted by Crippen LogP contribution is 2.28. The minimum Gasteiger partial charge on any atom is -0.497 e. The lowest BCUT2D eigenvalue weighted by atomic mass is 10.1. The van der Waals surface area contributed by atoms with Gasteiger partial charge in [0.1, 0.15) is 5.75 Å². The van der Waals surface area contributed by atoms with Crippen LogP contribution in [0.25, 0.3) is 22.2 Å². The molecule has 172 valence electrons. The number of aryl methyl sites for hydroxylation is 1. The van der Waals surface area contributed by atoms with E-state index in [4.69, 9.17) is 9.72 Å². The lowest BCUT2D eigenvalue weighted by molar-refractivity contribution is 0.102. The molecule has 6 heteroatoms. The second-order valence-electron chi connectivity index (χ2n) is 8.16. The molecule has 0 saturated carbocycles. The number of carbonyl (C=O) groups is 1. The van der Waals surface area contributed by atoms with Crippen molar-refractivity contribution in [2.24, 2.45) is 0 Å². The van der Waals surface area contributed by atoms with Crippen LogP contribution in [0.4, 0.5) is 17.3 Å². The molecule has 35 heavy (non-hydrogen) atoms. The van der Waals surface area contributed by atoms with Crippen LogP contribution in [-0.2, 0) is 0 Å². The Kier molecular flexibility index (Phi) is 6.09. The van der Waals surface area contributed by atoms with Gasteiger partial charge in [0.25, 0.3) is 5.91 Å². The van der Waals surface area contributed by atoms with E-state index in [1.807, 2.05) is 36.4 Å². The first kappa shape index (κ1) is 22.1. The molecule has 5 aromatic rings. The largest absolute Gasteiger partial charge is 0.497 e. The van der Waals surface area contributed by atoms with Crippen LogP contribution < -0.4 is 15.4 Å². The first-order valence-corrected chi connectivity index (χ1v) is 11.3. The number of hydrogen-bond donors (Lipinski definition) is 2. The van der Waals surface area contributed by atoms with E-state index < -0.39 is 0 Å². The van der Waals surface area contributed by atoms with Crippen LogP contribution in [0, 0.1) is 6.92 Å². The highest BCUT2D eigenvalue weighted by Gasteiger charge is 2.11. The molecule has 0 saturated heterocycles. The fourth-order valence-electron chi connectivity index (χ4n) is 3.78. The molecule has 5 rings (SSSR count). The highest BCUT2D eigenvalue weighted by atomic mass is 16.5. The number of nitrogens with zero attached hydrogens (tertiary/aromatic N) is 2. The molecule has 0 spiro atoms. The number of carbonyl (C=O) groups excluding carboxylic acids is 1.